The van der Waals surface area contributed by atoms with Gasteiger partial charge in [0.05, 0.1) is 6.10 Å². The van der Waals surface area contributed by atoms with Crippen molar-refractivity contribution >= 4 is 11.6 Å². The molecule has 2 aromatic carbocycles. The summed E-state index contributed by atoms with van der Waals surface area (Å²) in [4.78, 5) is 12.7. The van der Waals surface area contributed by atoms with E-state index in [0.717, 1.165) is 49.0 Å². The van der Waals surface area contributed by atoms with Gasteiger partial charge in [-0.05, 0) is 61.4 Å². The number of hydrogen-bond acceptors (Lipinski definition) is 4. The van der Waals surface area contributed by atoms with Crippen LogP contribution >= 0.6 is 0 Å². The molecule has 0 saturated carbocycles. The maximum Gasteiger partial charge on any atom is 0.249 e. The number of carbonyl (C=O) groups is 1. The number of aryl methyl sites for hydroxylation is 1. The number of aliphatic hydroxyl groups excluding tert-OH is 1. The molecule has 5 rings (SSSR count). The highest BCUT2D eigenvalue weighted by Gasteiger charge is 2.30. The third-order valence-corrected chi connectivity index (χ3v) is 6.53. The van der Waals surface area contributed by atoms with E-state index < -0.39 is 6.10 Å². The lowest BCUT2D eigenvalue weighted by atomic mass is 10.0. The molecule has 1 fully saturated rings. The number of rotatable bonds is 6. The normalized spacial score (nSPS) is 23.5. The zero-order valence-electron chi connectivity index (χ0n) is 17.4. The molecule has 6 heteroatoms. The molecule has 1 amide bonds. The highest BCUT2D eigenvalue weighted by Crippen LogP contribution is 2.28. The molecule has 4 unspecified atom stereocenters. The van der Waals surface area contributed by atoms with Crippen molar-refractivity contribution in [3.63, 3.8) is 0 Å². The first-order valence-corrected chi connectivity index (χ1v) is 11.1. The summed E-state index contributed by atoms with van der Waals surface area (Å²) >= 11 is 0. The third kappa shape index (κ3) is 4.27. The smallest absolute Gasteiger partial charge is 0.249 e. The van der Waals surface area contributed by atoms with Crippen LogP contribution in [0.25, 0.3) is 0 Å². The van der Waals surface area contributed by atoms with Crippen LogP contribution in [0.3, 0.4) is 0 Å². The van der Waals surface area contributed by atoms with Crippen LogP contribution in [0, 0.1) is 0 Å². The molecule has 0 aliphatic carbocycles. The fraction of sp³-hybridized carbons (Fsp3) is 0.360. The van der Waals surface area contributed by atoms with E-state index >= 15 is 0 Å². The Hall–Kier alpha value is -2.96. The van der Waals surface area contributed by atoms with Crippen molar-refractivity contribution in [1.29, 1.82) is 0 Å². The SMILES string of the molecule is O=C(Nc1ccc(CC2CCC(C(O)c3ccccc3)N2)cc1)C1CCc2ccnn21. The number of hydrogen-bond donors (Lipinski definition) is 3. The summed E-state index contributed by atoms with van der Waals surface area (Å²) < 4.78 is 1.83. The number of aromatic nitrogens is 2. The summed E-state index contributed by atoms with van der Waals surface area (Å²) in [5.74, 6) is -0.00889. The zero-order valence-corrected chi connectivity index (χ0v) is 17.4. The number of nitrogens with zero attached hydrogens (tertiary/aromatic N) is 2. The fourth-order valence-electron chi connectivity index (χ4n) is 4.85. The Morgan fingerprint density at radius 1 is 1.10 bits per heavy atom. The predicted octanol–water partition coefficient (Wildman–Crippen LogP) is 3.41. The predicted molar refractivity (Wildman–Crippen MR) is 120 cm³/mol. The van der Waals surface area contributed by atoms with Crippen LogP contribution in [-0.4, -0.2) is 32.9 Å². The van der Waals surface area contributed by atoms with Gasteiger partial charge in [-0.15, -0.1) is 0 Å². The van der Waals surface area contributed by atoms with E-state index in [9.17, 15) is 9.90 Å². The molecule has 0 radical (unpaired) electrons. The molecular formula is C25H28N4O2. The molecule has 4 atom stereocenters. The number of amides is 1. The number of carbonyl (C=O) groups excluding carboxylic acids is 1. The molecule has 1 saturated heterocycles. The van der Waals surface area contributed by atoms with Gasteiger partial charge < -0.3 is 15.7 Å². The molecule has 0 spiro atoms. The number of fused-ring (bicyclic) bond motifs is 1. The minimum Gasteiger partial charge on any atom is -0.387 e. The maximum atomic E-state index is 12.7. The zero-order chi connectivity index (χ0) is 21.2. The summed E-state index contributed by atoms with van der Waals surface area (Å²) in [6.07, 6.45) is 5.89. The van der Waals surface area contributed by atoms with E-state index in [-0.39, 0.29) is 18.0 Å². The highest BCUT2D eigenvalue weighted by atomic mass is 16.3. The molecule has 160 valence electrons. The van der Waals surface area contributed by atoms with Crippen LogP contribution < -0.4 is 10.6 Å². The summed E-state index contributed by atoms with van der Waals surface area (Å²) in [6, 6.07) is 20.1. The van der Waals surface area contributed by atoms with E-state index in [1.807, 2.05) is 53.2 Å². The topological polar surface area (TPSA) is 79.2 Å². The summed E-state index contributed by atoms with van der Waals surface area (Å²) in [7, 11) is 0. The first-order chi connectivity index (χ1) is 15.2. The van der Waals surface area contributed by atoms with Crippen LogP contribution in [0.4, 0.5) is 5.69 Å². The molecule has 0 bridgehead atoms. The second-order valence-corrected chi connectivity index (χ2v) is 8.61. The Kier molecular flexibility index (Phi) is 5.57. The molecule has 2 aliphatic rings. The summed E-state index contributed by atoms with van der Waals surface area (Å²) in [6.45, 7) is 0. The van der Waals surface area contributed by atoms with Gasteiger partial charge in [0.15, 0.2) is 0 Å². The van der Waals surface area contributed by atoms with Gasteiger partial charge in [0.2, 0.25) is 5.91 Å². The minimum atomic E-state index is -0.477. The van der Waals surface area contributed by atoms with Gasteiger partial charge in [0.1, 0.15) is 6.04 Å². The Bertz CT molecular complexity index is 1030. The highest BCUT2D eigenvalue weighted by molar-refractivity contribution is 5.94. The van der Waals surface area contributed by atoms with Crippen molar-refractivity contribution < 1.29 is 9.90 Å². The van der Waals surface area contributed by atoms with E-state index in [2.05, 4.69) is 27.9 Å². The van der Waals surface area contributed by atoms with Crippen molar-refractivity contribution in [3.8, 4) is 0 Å². The Morgan fingerprint density at radius 3 is 2.71 bits per heavy atom. The Morgan fingerprint density at radius 2 is 1.90 bits per heavy atom. The molecule has 1 aromatic heterocycles. The van der Waals surface area contributed by atoms with E-state index in [1.165, 1.54) is 5.56 Å². The number of nitrogens with one attached hydrogen (secondary N) is 2. The molecule has 3 heterocycles. The first kappa shape index (κ1) is 20.0. The first-order valence-electron chi connectivity index (χ1n) is 11.1. The lowest BCUT2D eigenvalue weighted by molar-refractivity contribution is -0.119. The molecule has 2 aliphatic heterocycles. The van der Waals surface area contributed by atoms with Crippen LogP contribution in [-0.2, 0) is 17.6 Å². The molecule has 31 heavy (non-hydrogen) atoms. The van der Waals surface area contributed by atoms with Crippen molar-refractivity contribution in [3.05, 3.63) is 83.7 Å². The summed E-state index contributed by atoms with van der Waals surface area (Å²) in [5.41, 5.74) is 4.12. The van der Waals surface area contributed by atoms with Crippen LogP contribution in [0.1, 0.15) is 48.2 Å². The van der Waals surface area contributed by atoms with Crippen molar-refractivity contribution in [2.75, 3.05) is 5.32 Å². The Labute approximate surface area is 182 Å². The molecular weight excluding hydrogens is 388 g/mol. The molecule has 6 nitrogen and oxygen atoms in total. The Balaban J connectivity index is 1.15. The standard InChI is InChI=1S/C25H28N4O2/c30-24(18-4-2-1-3-5-18)22-12-10-20(27-22)16-17-6-8-19(9-7-17)28-25(31)23-13-11-21-14-15-26-29(21)23/h1-9,14-15,20,22-24,27,30H,10-13,16H2,(H,28,31). The van der Waals surface area contributed by atoms with Gasteiger partial charge in [-0.2, -0.15) is 5.10 Å². The average molecular weight is 417 g/mol. The van der Waals surface area contributed by atoms with E-state index in [1.54, 1.807) is 6.20 Å². The average Bonchev–Trinajstić information content (AvgIpc) is 3.52. The maximum absolute atomic E-state index is 12.7. The number of benzene rings is 2. The van der Waals surface area contributed by atoms with Gasteiger partial charge in [0.25, 0.3) is 0 Å². The van der Waals surface area contributed by atoms with Crippen molar-refractivity contribution in [2.24, 2.45) is 0 Å². The van der Waals surface area contributed by atoms with Crippen LogP contribution in [0.2, 0.25) is 0 Å². The van der Waals surface area contributed by atoms with Crippen LogP contribution in [0.15, 0.2) is 66.9 Å². The van der Waals surface area contributed by atoms with E-state index in [4.69, 9.17) is 0 Å². The third-order valence-electron chi connectivity index (χ3n) is 6.53. The molecule has 3 aromatic rings. The van der Waals surface area contributed by atoms with Gasteiger partial charge >= 0.3 is 0 Å². The lowest BCUT2D eigenvalue weighted by Gasteiger charge is -2.20. The fourth-order valence-corrected chi connectivity index (χ4v) is 4.85. The second kappa shape index (κ2) is 8.65. The molecule has 3 N–H and O–H groups in total. The van der Waals surface area contributed by atoms with Crippen LogP contribution in [0.5, 0.6) is 0 Å². The quantitative estimate of drug-likeness (QED) is 0.575. The summed E-state index contributed by atoms with van der Waals surface area (Å²) in [5, 5.41) is 21.6. The largest absolute Gasteiger partial charge is 0.387 e. The van der Waals surface area contributed by atoms with E-state index in [0.29, 0.717) is 6.04 Å². The monoisotopic (exact) mass is 416 g/mol. The second-order valence-electron chi connectivity index (χ2n) is 8.61. The minimum absolute atomic E-state index is 0.00889. The van der Waals surface area contributed by atoms with Gasteiger partial charge in [0, 0.05) is 29.7 Å². The van der Waals surface area contributed by atoms with Crippen molar-refractivity contribution in [1.82, 2.24) is 15.1 Å². The van der Waals surface area contributed by atoms with Crippen molar-refractivity contribution in [2.45, 2.75) is 56.3 Å². The van der Waals surface area contributed by atoms with Gasteiger partial charge in [-0.1, -0.05) is 42.5 Å². The number of anilines is 1. The van der Waals surface area contributed by atoms with Gasteiger partial charge in [-0.3, -0.25) is 9.48 Å². The van der Waals surface area contributed by atoms with Gasteiger partial charge in [-0.25, -0.2) is 0 Å². The lowest BCUT2D eigenvalue weighted by Crippen LogP contribution is -2.35. The number of aliphatic hydroxyl groups is 1.